The molecule has 2 heterocycles. The van der Waals surface area contributed by atoms with Crippen LogP contribution in [0.1, 0.15) is 20.3 Å². The summed E-state index contributed by atoms with van der Waals surface area (Å²) in [4.78, 5) is 0. The van der Waals surface area contributed by atoms with E-state index >= 15 is 0 Å². The molecule has 2 aliphatic heterocycles. The molecule has 2 rings (SSSR count). The first-order valence-corrected chi connectivity index (χ1v) is 6.62. The van der Waals surface area contributed by atoms with E-state index in [9.17, 15) is 0 Å². The Morgan fingerprint density at radius 3 is 1.71 bits per heavy atom. The van der Waals surface area contributed by atoms with Crippen LogP contribution in [0.5, 0.6) is 0 Å². The first-order valence-electron chi connectivity index (χ1n) is 6.62. The fourth-order valence-electron chi connectivity index (χ4n) is 1.95. The predicted molar refractivity (Wildman–Crippen MR) is 64.1 cm³/mol. The van der Waals surface area contributed by atoms with Gasteiger partial charge in [-0.1, -0.05) is 13.8 Å². The summed E-state index contributed by atoms with van der Waals surface area (Å²) in [5.41, 5.74) is 0. The first kappa shape index (κ1) is 13.3. The van der Waals surface area contributed by atoms with Crippen LogP contribution in [0.3, 0.4) is 0 Å². The Hall–Kier alpha value is -0.160. The fourth-order valence-corrected chi connectivity index (χ4v) is 1.95. The van der Waals surface area contributed by atoms with Gasteiger partial charge in [0.2, 0.25) is 0 Å². The molecular weight excluding hydrogens is 220 g/mol. The van der Waals surface area contributed by atoms with Gasteiger partial charge in [-0.15, -0.1) is 0 Å². The van der Waals surface area contributed by atoms with E-state index in [0.29, 0.717) is 24.0 Å². The van der Waals surface area contributed by atoms with E-state index in [-0.39, 0.29) is 0 Å². The van der Waals surface area contributed by atoms with E-state index < -0.39 is 0 Å². The van der Waals surface area contributed by atoms with Crippen LogP contribution >= 0.6 is 0 Å². The average molecular weight is 244 g/mol. The van der Waals surface area contributed by atoms with Crippen LogP contribution in [-0.2, 0) is 18.9 Å². The van der Waals surface area contributed by atoms with Crippen LogP contribution in [0.4, 0.5) is 0 Å². The smallest absolute Gasteiger partial charge is 0.104 e. The largest absolute Gasteiger partial charge is 0.378 e. The summed E-state index contributed by atoms with van der Waals surface area (Å²) in [6.45, 7) is 9.39. The summed E-state index contributed by atoms with van der Waals surface area (Å²) in [5, 5.41) is 0. The Labute approximate surface area is 104 Å². The number of hydrogen-bond donors (Lipinski definition) is 0. The molecule has 0 N–H and O–H groups in total. The topological polar surface area (TPSA) is 43.5 Å². The lowest BCUT2D eigenvalue weighted by molar-refractivity contribution is 0.0607. The monoisotopic (exact) mass is 244 g/mol. The summed E-state index contributed by atoms with van der Waals surface area (Å²) in [6, 6.07) is 0. The molecule has 4 nitrogen and oxygen atoms in total. The third-order valence-electron chi connectivity index (χ3n) is 3.02. The molecule has 0 bridgehead atoms. The third kappa shape index (κ3) is 6.36. The minimum Gasteiger partial charge on any atom is -0.378 e. The maximum Gasteiger partial charge on any atom is 0.104 e. The Balaban J connectivity index is 1.42. The van der Waals surface area contributed by atoms with E-state index in [4.69, 9.17) is 18.9 Å². The van der Waals surface area contributed by atoms with Gasteiger partial charge in [0.25, 0.3) is 0 Å². The van der Waals surface area contributed by atoms with Crippen LogP contribution in [0.15, 0.2) is 0 Å². The molecule has 2 fully saturated rings. The molecule has 0 aromatic rings. The van der Waals surface area contributed by atoms with Gasteiger partial charge in [-0.3, -0.25) is 0 Å². The molecule has 0 aromatic carbocycles. The normalized spacial score (nSPS) is 30.0. The van der Waals surface area contributed by atoms with Crippen molar-refractivity contribution < 1.29 is 18.9 Å². The summed E-state index contributed by atoms with van der Waals surface area (Å²) >= 11 is 0. The zero-order valence-electron chi connectivity index (χ0n) is 10.9. The standard InChI is InChI=1S/C13H24O4/c1-10(4-14-6-12-8-16-12)3-11(2)5-15-7-13-9-17-13/h10-13H,3-9H2,1-2H3. The second-order valence-electron chi connectivity index (χ2n) is 5.43. The van der Waals surface area contributed by atoms with Crippen molar-refractivity contribution in [1.29, 1.82) is 0 Å². The molecule has 100 valence electrons. The molecule has 2 aliphatic rings. The van der Waals surface area contributed by atoms with E-state index in [1.165, 1.54) is 0 Å². The van der Waals surface area contributed by atoms with Crippen LogP contribution in [0.2, 0.25) is 0 Å². The van der Waals surface area contributed by atoms with E-state index in [2.05, 4.69) is 13.8 Å². The quantitative estimate of drug-likeness (QED) is 0.546. The minimum atomic E-state index is 0.376. The second kappa shape index (κ2) is 6.69. The zero-order chi connectivity index (χ0) is 12.1. The lowest BCUT2D eigenvalue weighted by atomic mass is 9.99. The maximum atomic E-state index is 5.59. The highest BCUT2D eigenvalue weighted by molar-refractivity contribution is 4.69. The van der Waals surface area contributed by atoms with Crippen molar-refractivity contribution >= 4 is 0 Å². The van der Waals surface area contributed by atoms with Crippen LogP contribution in [0, 0.1) is 11.8 Å². The molecule has 0 aromatic heterocycles. The van der Waals surface area contributed by atoms with Gasteiger partial charge in [-0.25, -0.2) is 0 Å². The Kier molecular flexibility index (Phi) is 5.22. The molecule has 0 amide bonds. The lowest BCUT2D eigenvalue weighted by Crippen LogP contribution is -2.16. The molecule has 4 atom stereocenters. The van der Waals surface area contributed by atoms with E-state index in [0.717, 1.165) is 46.1 Å². The fraction of sp³-hybridized carbons (Fsp3) is 1.00. The summed E-state index contributed by atoms with van der Waals surface area (Å²) in [6.07, 6.45) is 1.90. The highest BCUT2D eigenvalue weighted by atomic mass is 16.6. The number of rotatable bonds is 10. The Morgan fingerprint density at radius 1 is 0.941 bits per heavy atom. The van der Waals surface area contributed by atoms with E-state index in [1.807, 2.05) is 0 Å². The summed E-state index contributed by atoms with van der Waals surface area (Å²) in [7, 11) is 0. The number of epoxide rings is 2. The molecule has 4 heteroatoms. The molecule has 17 heavy (non-hydrogen) atoms. The van der Waals surface area contributed by atoms with Crippen molar-refractivity contribution in [3.8, 4) is 0 Å². The van der Waals surface area contributed by atoms with Crippen LogP contribution in [-0.4, -0.2) is 51.8 Å². The molecule has 0 aliphatic carbocycles. The van der Waals surface area contributed by atoms with Crippen molar-refractivity contribution in [2.75, 3.05) is 39.6 Å². The van der Waals surface area contributed by atoms with Gasteiger partial charge in [0, 0.05) is 13.2 Å². The van der Waals surface area contributed by atoms with Gasteiger partial charge in [-0.2, -0.15) is 0 Å². The first-order chi connectivity index (χ1) is 8.24. The highest BCUT2D eigenvalue weighted by Crippen LogP contribution is 2.15. The Morgan fingerprint density at radius 2 is 1.35 bits per heavy atom. The van der Waals surface area contributed by atoms with Crippen molar-refractivity contribution in [3.63, 3.8) is 0 Å². The van der Waals surface area contributed by atoms with Crippen LogP contribution in [0.25, 0.3) is 0 Å². The second-order valence-corrected chi connectivity index (χ2v) is 5.43. The SMILES string of the molecule is CC(COCC1CO1)CC(C)COCC1CO1. The van der Waals surface area contributed by atoms with Gasteiger partial charge in [-0.05, 0) is 18.3 Å². The Bertz CT molecular complexity index is 191. The minimum absolute atomic E-state index is 0.376. The van der Waals surface area contributed by atoms with Gasteiger partial charge < -0.3 is 18.9 Å². The van der Waals surface area contributed by atoms with Gasteiger partial charge in [0.15, 0.2) is 0 Å². The molecule has 2 saturated heterocycles. The van der Waals surface area contributed by atoms with Crippen molar-refractivity contribution in [1.82, 2.24) is 0 Å². The molecular formula is C13H24O4. The molecule has 0 saturated carbocycles. The lowest BCUT2D eigenvalue weighted by Gasteiger charge is -2.17. The third-order valence-corrected chi connectivity index (χ3v) is 3.02. The van der Waals surface area contributed by atoms with Gasteiger partial charge >= 0.3 is 0 Å². The highest BCUT2D eigenvalue weighted by Gasteiger charge is 2.23. The van der Waals surface area contributed by atoms with Gasteiger partial charge in [0.1, 0.15) is 12.2 Å². The molecule has 4 unspecified atom stereocenters. The number of ether oxygens (including phenoxy) is 4. The molecule has 0 spiro atoms. The average Bonchev–Trinajstić information content (AvgIpc) is 3.12. The van der Waals surface area contributed by atoms with Crippen molar-refractivity contribution in [2.24, 2.45) is 11.8 Å². The summed E-state index contributed by atoms with van der Waals surface area (Å²) < 4.78 is 21.4. The predicted octanol–water partition coefficient (Wildman–Crippen LogP) is 1.48. The zero-order valence-corrected chi connectivity index (χ0v) is 10.9. The number of hydrogen-bond acceptors (Lipinski definition) is 4. The molecule has 0 radical (unpaired) electrons. The maximum absolute atomic E-state index is 5.59. The summed E-state index contributed by atoms with van der Waals surface area (Å²) in [5.74, 6) is 1.18. The van der Waals surface area contributed by atoms with Crippen molar-refractivity contribution in [2.45, 2.75) is 32.5 Å². The van der Waals surface area contributed by atoms with Crippen molar-refractivity contribution in [3.05, 3.63) is 0 Å². The van der Waals surface area contributed by atoms with Crippen LogP contribution < -0.4 is 0 Å². The van der Waals surface area contributed by atoms with Gasteiger partial charge in [0.05, 0.1) is 26.4 Å². The van der Waals surface area contributed by atoms with E-state index in [1.54, 1.807) is 0 Å².